The molecule has 0 unspecified atom stereocenters. The van der Waals surface area contributed by atoms with Crippen molar-refractivity contribution in [1.29, 1.82) is 0 Å². The Bertz CT molecular complexity index is 932. The lowest BCUT2D eigenvalue weighted by Crippen LogP contribution is -2.25. The van der Waals surface area contributed by atoms with Gasteiger partial charge in [-0.05, 0) is 32.9 Å². The van der Waals surface area contributed by atoms with Crippen molar-refractivity contribution in [2.45, 2.75) is 40.3 Å². The zero-order valence-electron chi connectivity index (χ0n) is 14.0. The van der Waals surface area contributed by atoms with Crippen molar-refractivity contribution in [3.05, 3.63) is 45.3 Å². The largest absolute Gasteiger partial charge is 0.329 e. The van der Waals surface area contributed by atoms with Gasteiger partial charge in [-0.15, -0.1) is 11.3 Å². The Balaban J connectivity index is 1.77. The first-order valence-electron chi connectivity index (χ1n) is 7.93. The number of para-hydroxylation sites is 2. The molecule has 0 bridgehead atoms. The minimum Gasteiger partial charge on any atom is -0.302 e. The molecule has 0 saturated heterocycles. The van der Waals surface area contributed by atoms with Crippen molar-refractivity contribution in [1.82, 2.24) is 14.1 Å². The second-order valence-corrected chi connectivity index (χ2v) is 6.83. The molecule has 126 valence electrons. The van der Waals surface area contributed by atoms with Crippen LogP contribution in [0.25, 0.3) is 11.0 Å². The summed E-state index contributed by atoms with van der Waals surface area (Å²) in [5.74, 6) is -0.135. The zero-order valence-corrected chi connectivity index (χ0v) is 14.8. The first-order valence-corrected chi connectivity index (χ1v) is 8.75. The number of hydrogen-bond donors (Lipinski definition) is 1. The molecule has 0 spiro atoms. The van der Waals surface area contributed by atoms with Gasteiger partial charge in [0.05, 0.1) is 16.7 Å². The van der Waals surface area contributed by atoms with Gasteiger partial charge in [0, 0.05) is 24.4 Å². The third-order valence-corrected chi connectivity index (χ3v) is 5.07. The van der Waals surface area contributed by atoms with Crippen LogP contribution in [0, 0.1) is 13.8 Å². The van der Waals surface area contributed by atoms with E-state index in [9.17, 15) is 9.59 Å². The number of fused-ring (bicyclic) bond motifs is 1. The molecule has 1 N–H and O–H groups in total. The number of benzene rings is 1. The van der Waals surface area contributed by atoms with Crippen LogP contribution in [0.1, 0.15) is 23.9 Å². The number of hydrogen-bond acceptors (Lipinski definition) is 4. The van der Waals surface area contributed by atoms with Gasteiger partial charge < -0.3 is 5.32 Å². The molecule has 3 aromatic rings. The predicted molar refractivity (Wildman–Crippen MR) is 96.7 cm³/mol. The molecule has 3 rings (SSSR count). The highest BCUT2D eigenvalue weighted by atomic mass is 32.1. The molecule has 1 amide bonds. The summed E-state index contributed by atoms with van der Waals surface area (Å²) in [7, 11) is 0. The Hall–Kier alpha value is -2.41. The summed E-state index contributed by atoms with van der Waals surface area (Å²) in [6, 6.07) is 7.66. The van der Waals surface area contributed by atoms with Crippen LogP contribution in [-0.4, -0.2) is 20.0 Å². The smallest absolute Gasteiger partial charge is 0.302 e. The molecule has 6 nitrogen and oxygen atoms in total. The number of nitrogens with one attached hydrogen (secondary N) is 1. The van der Waals surface area contributed by atoms with Crippen LogP contribution >= 0.6 is 11.3 Å². The third kappa shape index (κ3) is 2.99. The molecule has 0 aliphatic heterocycles. The van der Waals surface area contributed by atoms with Gasteiger partial charge in [-0.3, -0.25) is 13.9 Å². The fourth-order valence-electron chi connectivity index (χ4n) is 2.72. The second kappa shape index (κ2) is 6.60. The number of imidazole rings is 1. The monoisotopic (exact) mass is 344 g/mol. The standard InChI is InChI=1S/C17H20N4O2S/c1-4-20-13-7-5-6-8-14(13)21(17(20)23)10-9-15(22)19-16-18-11(2)12(3)24-16/h5-8H,4,9-10H2,1-3H3,(H,18,19,22). The maximum absolute atomic E-state index is 12.5. The lowest BCUT2D eigenvalue weighted by molar-refractivity contribution is -0.116. The highest BCUT2D eigenvalue weighted by Crippen LogP contribution is 2.21. The van der Waals surface area contributed by atoms with E-state index < -0.39 is 0 Å². The highest BCUT2D eigenvalue weighted by molar-refractivity contribution is 7.15. The average Bonchev–Trinajstić information content (AvgIpc) is 3.01. The lowest BCUT2D eigenvalue weighted by atomic mass is 10.3. The molecule has 7 heteroatoms. The van der Waals surface area contributed by atoms with Crippen LogP contribution in [-0.2, 0) is 17.9 Å². The molecule has 0 saturated carbocycles. The Labute approximate surface area is 143 Å². The molecule has 0 fully saturated rings. The van der Waals surface area contributed by atoms with Gasteiger partial charge in [-0.25, -0.2) is 9.78 Å². The van der Waals surface area contributed by atoms with Gasteiger partial charge in [0.2, 0.25) is 5.91 Å². The number of rotatable bonds is 5. The molecule has 0 aliphatic carbocycles. The van der Waals surface area contributed by atoms with Gasteiger partial charge in [-0.2, -0.15) is 0 Å². The number of nitrogens with zero attached hydrogens (tertiary/aromatic N) is 3. The maximum atomic E-state index is 12.5. The summed E-state index contributed by atoms with van der Waals surface area (Å²) in [5.41, 5.74) is 2.61. The number of aromatic nitrogens is 3. The maximum Gasteiger partial charge on any atom is 0.329 e. The zero-order chi connectivity index (χ0) is 17.3. The molecule has 2 aromatic heterocycles. The van der Waals surface area contributed by atoms with E-state index in [1.54, 1.807) is 9.13 Å². The Kier molecular flexibility index (Phi) is 4.53. The minimum absolute atomic E-state index is 0.0764. The van der Waals surface area contributed by atoms with Gasteiger partial charge >= 0.3 is 5.69 Å². The molecular formula is C17H20N4O2S. The summed E-state index contributed by atoms with van der Waals surface area (Å²) in [5, 5.41) is 3.42. The van der Waals surface area contributed by atoms with Gasteiger partial charge in [0.15, 0.2) is 5.13 Å². The van der Waals surface area contributed by atoms with E-state index in [1.807, 2.05) is 45.0 Å². The van der Waals surface area contributed by atoms with Crippen molar-refractivity contribution >= 4 is 33.4 Å². The fourth-order valence-corrected chi connectivity index (χ4v) is 3.55. The summed E-state index contributed by atoms with van der Waals surface area (Å²) < 4.78 is 3.39. The van der Waals surface area contributed by atoms with Crippen LogP contribution in [0.2, 0.25) is 0 Å². The predicted octanol–water partition coefficient (Wildman–Crippen LogP) is 2.93. The fraction of sp³-hybridized carbons (Fsp3) is 0.353. The van der Waals surface area contributed by atoms with Crippen LogP contribution in [0.4, 0.5) is 5.13 Å². The van der Waals surface area contributed by atoms with Crippen molar-refractivity contribution in [2.75, 3.05) is 5.32 Å². The van der Waals surface area contributed by atoms with Gasteiger partial charge in [-0.1, -0.05) is 12.1 Å². The van der Waals surface area contributed by atoms with E-state index in [0.29, 0.717) is 18.2 Å². The summed E-state index contributed by atoms with van der Waals surface area (Å²) in [6.45, 7) is 6.79. The van der Waals surface area contributed by atoms with E-state index in [0.717, 1.165) is 21.6 Å². The normalized spacial score (nSPS) is 11.1. The second-order valence-electron chi connectivity index (χ2n) is 5.63. The van der Waals surface area contributed by atoms with E-state index in [1.165, 1.54) is 11.3 Å². The number of anilines is 1. The molecule has 0 radical (unpaired) electrons. The Morgan fingerprint density at radius 2 is 1.88 bits per heavy atom. The van der Waals surface area contributed by atoms with Gasteiger partial charge in [0.1, 0.15) is 0 Å². The average molecular weight is 344 g/mol. The summed E-state index contributed by atoms with van der Waals surface area (Å²) in [6.07, 6.45) is 0.231. The van der Waals surface area contributed by atoms with Gasteiger partial charge in [0.25, 0.3) is 0 Å². The van der Waals surface area contributed by atoms with E-state index in [2.05, 4.69) is 10.3 Å². The summed E-state index contributed by atoms with van der Waals surface area (Å²) >= 11 is 1.46. The van der Waals surface area contributed by atoms with Crippen molar-refractivity contribution in [3.63, 3.8) is 0 Å². The number of carbonyl (C=O) groups is 1. The van der Waals surface area contributed by atoms with Crippen LogP contribution < -0.4 is 11.0 Å². The van der Waals surface area contributed by atoms with Crippen LogP contribution in [0.3, 0.4) is 0 Å². The van der Waals surface area contributed by atoms with E-state index in [-0.39, 0.29) is 18.0 Å². The molecule has 24 heavy (non-hydrogen) atoms. The first-order chi connectivity index (χ1) is 11.5. The van der Waals surface area contributed by atoms with Crippen LogP contribution in [0.5, 0.6) is 0 Å². The number of thiazole rings is 1. The molecule has 1 aromatic carbocycles. The number of aryl methyl sites for hydroxylation is 4. The number of carbonyl (C=O) groups excluding carboxylic acids is 1. The number of amides is 1. The molecule has 0 aliphatic rings. The highest BCUT2D eigenvalue weighted by Gasteiger charge is 2.13. The van der Waals surface area contributed by atoms with Crippen molar-refractivity contribution in [2.24, 2.45) is 0 Å². The first kappa shape index (κ1) is 16.4. The minimum atomic E-state index is -0.135. The summed E-state index contributed by atoms with van der Waals surface area (Å²) in [4.78, 5) is 30.1. The lowest BCUT2D eigenvalue weighted by Gasteiger charge is -2.03. The topological polar surface area (TPSA) is 68.9 Å². The Morgan fingerprint density at radius 3 is 2.46 bits per heavy atom. The third-order valence-electron chi connectivity index (χ3n) is 4.08. The molecular weight excluding hydrogens is 324 g/mol. The van der Waals surface area contributed by atoms with E-state index in [4.69, 9.17) is 0 Å². The van der Waals surface area contributed by atoms with Crippen molar-refractivity contribution in [3.8, 4) is 0 Å². The molecule has 2 heterocycles. The van der Waals surface area contributed by atoms with E-state index >= 15 is 0 Å². The SMILES string of the molecule is CCn1c(=O)n(CCC(=O)Nc2nc(C)c(C)s2)c2ccccc21. The van der Waals surface area contributed by atoms with Crippen LogP contribution in [0.15, 0.2) is 29.1 Å². The quantitative estimate of drug-likeness (QED) is 0.774. The molecule has 0 atom stereocenters. The van der Waals surface area contributed by atoms with Crippen molar-refractivity contribution < 1.29 is 4.79 Å². The Morgan fingerprint density at radius 1 is 1.21 bits per heavy atom.